The molecule has 1 saturated carbocycles. The Bertz CT molecular complexity index is 441. The predicted molar refractivity (Wildman–Crippen MR) is 79.2 cm³/mol. The van der Waals surface area contributed by atoms with Crippen molar-refractivity contribution in [1.29, 1.82) is 0 Å². The summed E-state index contributed by atoms with van der Waals surface area (Å²) in [6.45, 7) is 1.03. The Balaban J connectivity index is 1.73. The number of rotatable bonds is 6. The number of nitrogens with one attached hydrogen (secondary N) is 2. The maximum Gasteiger partial charge on any atom is 0.238 e. The number of anilines is 1. The van der Waals surface area contributed by atoms with Crippen LogP contribution in [0.15, 0.2) is 28.7 Å². The zero-order valence-electron chi connectivity index (χ0n) is 11.0. The lowest BCUT2D eigenvalue weighted by atomic mass is 9.80. The van der Waals surface area contributed by atoms with Gasteiger partial charge < -0.3 is 15.4 Å². The third-order valence-corrected chi connectivity index (χ3v) is 4.03. The summed E-state index contributed by atoms with van der Waals surface area (Å²) in [5.41, 5.74) is 0.752. The number of ether oxygens (including phenoxy) is 1. The molecule has 1 aliphatic rings. The Kier molecular flexibility index (Phi) is 4.96. The minimum atomic E-state index is -0.0456. The van der Waals surface area contributed by atoms with Crippen LogP contribution in [0.3, 0.4) is 0 Å². The Hall–Kier alpha value is -0.910. The molecule has 1 aromatic rings. The van der Waals surface area contributed by atoms with E-state index in [9.17, 15) is 4.79 Å². The second-order valence-electron chi connectivity index (χ2n) is 4.90. The first-order valence-electron chi connectivity index (χ1n) is 6.45. The topological polar surface area (TPSA) is 50.4 Å². The van der Waals surface area contributed by atoms with Gasteiger partial charge in [-0.1, -0.05) is 22.0 Å². The average Bonchev–Trinajstić information content (AvgIpc) is 2.32. The van der Waals surface area contributed by atoms with Gasteiger partial charge in [0.05, 0.1) is 12.1 Å². The van der Waals surface area contributed by atoms with Gasteiger partial charge in [0.2, 0.25) is 5.91 Å². The highest BCUT2D eigenvalue weighted by molar-refractivity contribution is 9.10. The van der Waals surface area contributed by atoms with Gasteiger partial charge >= 0.3 is 0 Å². The van der Waals surface area contributed by atoms with Crippen molar-refractivity contribution in [3.05, 3.63) is 28.7 Å². The van der Waals surface area contributed by atoms with Crippen molar-refractivity contribution in [3.8, 4) is 0 Å². The molecule has 0 unspecified atom stereocenters. The molecule has 0 bridgehead atoms. The molecule has 1 amide bonds. The number of amides is 1. The summed E-state index contributed by atoms with van der Waals surface area (Å²) in [6, 6.07) is 7.56. The molecular weight excluding hydrogens is 308 g/mol. The monoisotopic (exact) mass is 326 g/mol. The Labute approximate surface area is 122 Å². The summed E-state index contributed by atoms with van der Waals surface area (Å²) >= 11 is 3.37. The smallest absolute Gasteiger partial charge is 0.238 e. The molecule has 1 aliphatic carbocycles. The first-order valence-corrected chi connectivity index (χ1v) is 7.24. The van der Waals surface area contributed by atoms with Gasteiger partial charge in [-0.25, -0.2) is 0 Å². The summed E-state index contributed by atoms with van der Waals surface area (Å²) < 4.78 is 6.44. The molecule has 1 fully saturated rings. The number of carbonyl (C=O) groups is 1. The second kappa shape index (κ2) is 6.50. The van der Waals surface area contributed by atoms with E-state index >= 15 is 0 Å². The zero-order chi connectivity index (χ0) is 13.7. The highest BCUT2D eigenvalue weighted by Crippen LogP contribution is 2.34. The maximum atomic E-state index is 11.8. The quantitative estimate of drug-likeness (QED) is 0.844. The number of benzene rings is 1. The largest absolute Gasteiger partial charge is 0.377 e. The van der Waals surface area contributed by atoms with Crippen molar-refractivity contribution < 1.29 is 9.53 Å². The average molecular weight is 327 g/mol. The molecular formula is C14H19BrN2O2. The first-order chi connectivity index (χ1) is 9.13. The lowest BCUT2D eigenvalue weighted by Crippen LogP contribution is -2.49. The van der Waals surface area contributed by atoms with Crippen LogP contribution in [-0.4, -0.2) is 31.7 Å². The maximum absolute atomic E-state index is 11.8. The fourth-order valence-corrected chi connectivity index (χ4v) is 2.60. The molecule has 5 heteroatoms. The standard InChI is InChI=1S/C14H19BrN2O2/c1-19-14(6-3-7-14)10-16-9-13(18)17-12-5-2-4-11(15)8-12/h2,4-5,8,16H,3,6-7,9-10H2,1H3,(H,17,18). The van der Waals surface area contributed by atoms with Gasteiger partial charge in [-0.3, -0.25) is 4.79 Å². The van der Waals surface area contributed by atoms with E-state index in [1.165, 1.54) is 6.42 Å². The lowest BCUT2D eigenvalue weighted by Gasteiger charge is -2.40. The van der Waals surface area contributed by atoms with Crippen molar-refractivity contribution in [2.75, 3.05) is 25.5 Å². The number of hydrogen-bond donors (Lipinski definition) is 2. The van der Waals surface area contributed by atoms with Crippen LogP contribution in [0.1, 0.15) is 19.3 Å². The summed E-state index contributed by atoms with van der Waals surface area (Å²) in [7, 11) is 1.74. The molecule has 4 nitrogen and oxygen atoms in total. The predicted octanol–water partition coefficient (Wildman–Crippen LogP) is 2.55. The minimum absolute atomic E-state index is 0.0383. The molecule has 0 aliphatic heterocycles. The van der Waals surface area contributed by atoms with Crippen LogP contribution in [0.2, 0.25) is 0 Å². The highest BCUT2D eigenvalue weighted by Gasteiger charge is 2.36. The molecule has 104 valence electrons. The summed E-state index contributed by atoms with van der Waals surface area (Å²) in [5.74, 6) is -0.0383. The third-order valence-electron chi connectivity index (χ3n) is 3.54. The fraction of sp³-hybridized carbons (Fsp3) is 0.500. The Morgan fingerprint density at radius 2 is 2.26 bits per heavy atom. The molecule has 0 aromatic heterocycles. The van der Waals surface area contributed by atoms with Crippen LogP contribution < -0.4 is 10.6 Å². The van der Waals surface area contributed by atoms with Gasteiger partial charge in [-0.2, -0.15) is 0 Å². The zero-order valence-corrected chi connectivity index (χ0v) is 12.6. The van der Waals surface area contributed by atoms with Gasteiger partial charge in [0.15, 0.2) is 0 Å². The van der Waals surface area contributed by atoms with E-state index in [4.69, 9.17) is 4.74 Å². The van der Waals surface area contributed by atoms with E-state index < -0.39 is 0 Å². The van der Waals surface area contributed by atoms with Crippen LogP contribution in [0.4, 0.5) is 5.69 Å². The van der Waals surface area contributed by atoms with Crippen LogP contribution in [0, 0.1) is 0 Å². The molecule has 2 N–H and O–H groups in total. The van der Waals surface area contributed by atoms with E-state index in [0.717, 1.165) is 29.5 Å². The van der Waals surface area contributed by atoms with E-state index in [0.29, 0.717) is 6.54 Å². The SMILES string of the molecule is COC1(CNCC(=O)Nc2cccc(Br)c2)CCC1. The van der Waals surface area contributed by atoms with E-state index in [2.05, 4.69) is 26.6 Å². The minimum Gasteiger partial charge on any atom is -0.377 e. The molecule has 0 saturated heterocycles. The van der Waals surface area contributed by atoms with Gasteiger partial charge in [-0.15, -0.1) is 0 Å². The third kappa shape index (κ3) is 4.03. The fourth-order valence-electron chi connectivity index (χ4n) is 2.20. The lowest BCUT2D eigenvalue weighted by molar-refractivity contribution is -0.116. The van der Waals surface area contributed by atoms with Crippen LogP contribution in [0.25, 0.3) is 0 Å². The summed E-state index contributed by atoms with van der Waals surface area (Å²) in [6.07, 6.45) is 3.35. The van der Waals surface area contributed by atoms with Crippen molar-refractivity contribution in [3.63, 3.8) is 0 Å². The van der Waals surface area contributed by atoms with E-state index in [1.54, 1.807) is 7.11 Å². The molecule has 0 spiro atoms. The Morgan fingerprint density at radius 1 is 1.47 bits per heavy atom. The summed E-state index contributed by atoms with van der Waals surface area (Å²) in [5, 5.41) is 6.02. The Morgan fingerprint density at radius 3 is 2.84 bits per heavy atom. The van der Waals surface area contributed by atoms with Crippen molar-refractivity contribution >= 4 is 27.5 Å². The summed E-state index contributed by atoms with van der Waals surface area (Å²) in [4.78, 5) is 11.8. The molecule has 19 heavy (non-hydrogen) atoms. The molecule has 2 rings (SSSR count). The van der Waals surface area contributed by atoms with Gasteiger partial charge in [0, 0.05) is 23.8 Å². The van der Waals surface area contributed by atoms with Crippen molar-refractivity contribution in [2.24, 2.45) is 0 Å². The number of halogens is 1. The van der Waals surface area contributed by atoms with Crippen molar-refractivity contribution in [2.45, 2.75) is 24.9 Å². The molecule has 0 atom stereocenters. The first kappa shape index (κ1) is 14.5. The highest BCUT2D eigenvalue weighted by atomic mass is 79.9. The van der Waals surface area contributed by atoms with Gasteiger partial charge in [-0.05, 0) is 37.5 Å². The molecule has 0 heterocycles. The van der Waals surface area contributed by atoms with Crippen LogP contribution in [-0.2, 0) is 9.53 Å². The second-order valence-corrected chi connectivity index (χ2v) is 5.82. The van der Waals surface area contributed by atoms with Crippen molar-refractivity contribution in [1.82, 2.24) is 5.32 Å². The number of methoxy groups -OCH3 is 1. The molecule has 1 aromatic carbocycles. The van der Waals surface area contributed by atoms with Gasteiger partial charge in [0.1, 0.15) is 0 Å². The molecule has 0 radical (unpaired) electrons. The van der Waals surface area contributed by atoms with E-state index in [-0.39, 0.29) is 11.5 Å². The van der Waals surface area contributed by atoms with Gasteiger partial charge in [0.25, 0.3) is 0 Å². The van der Waals surface area contributed by atoms with Crippen LogP contribution in [0.5, 0.6) is 0 Å². The normalized spacial score (nSPS) is 16.7. The number of hydrogen-bond acceptors (Lipinski definition) is 3. The van der Waals surface area contributed by atoms with Crippen LogP contribution >= 0.6 is 15.9 Å². The number of carbonyl (C=O) groups excluding carboxylic acids is 1. The van der Waals surface area contributed by atoms with E-state index in [1.807, 2.05) is 24.3 Å².